The summed E-state index contributed by atoms with van der Waals surface area (Å²) in [4.78, 5) is 0. The van der Waals surface area contributed by atoms with E-state index in [9.17, 15) is 0 Å². The standard InChI is InChI=1S/C48H98O8S9/c1-15-19-27-37-59-51-47(55-64-45(9,10)11,53-61-39-31-41(5)6)33-25-23-29-43(49-57-35-21-17-3)63-44(50-58-36-22-18-4)30-24-26-34-48(56-65-46(12,13)14,52-60-38-28-20-16-2)54-62-40-32-42(7)8/h41-44H,15-40H2,1-14H3. The van der Waals surface area contributed by atoms with E-state index in [1.54, 1.807) is 24.1 Å². The Balaban J connectivity index is 6.17. The number of thioether (sulfide) groups is 1. The van der Waals surface area contributed by atoms with Crippen molar-refractivity contribution < 1.29 is 33.5 Å². The molecule has 0 aromatic heterocycles. The van der Waals surface area contributed by atoms with Gasteiger partial charge < -0.3 is 8.37 Å². The van der Waals surface area contributed by atoms with Gasteiger partial charge in [0.2, 0.25) is 0 Å². The van der Waals surface area contributed by atoms with E-state index in [2.05, 4.69) is 96.9 Å². The molecule has 0 aliphatic carbocycles. The minimum atomic E-state index is -1.14. The van der Waals surface area contributed by atoms with Gasteiger partial charge in [0.1, 0.15) is 10.9 Å². The van der Waals surface area contributed by atoms with E-state index in [1.165, 1.54) is 97.9 Å². The molecule has 0 bridgehead atoms. The van der Waals surface area contributed by atoms with E-state index in [-0.39, 0.29) is 20.4 Å². The quantitative estimate of drug-likeness (QED) is 0.0329. The number of hydrogen-bond donors (Lipinski definition) is 0. The van der Waals surface area contributed by atoms with Gasteiger partial charge in [-0.25, -0.2) is 0 Å². The topological polar surface area (TPSA) is 73.8 Å². The fraction of sp³-hybridized carbons (Fsp3) is 1.00. The Morgan fingerprint density at radius 1 is 0.354 bits per heavy atom. The summed E-state index contributed by atoms with van der Waals surface area (Å²) in [5, 5.41) is 0. The summed E-state index contributed by atoms with van der Waals surface area (Å²) >= 11 is 13.9. The Morgan fingerprint density at radius 2 is 0.692 bits per heavy atom. The highest BCUT2D eigenvalue weighted by Gasteiger charge is 2.39. The van der Waals surface area contributed by atoms with Crippen LogP contribution in [0.2, 0.25) is 0 Å². The van der Waals surface area contributed by atoms with Crippen molar-refractivity contribution in [2.24, 2.45) is 11.8 Å². The van der Waals surface area contributed by atoms with Crippen molar-refractivity contribution in [3.8, 4) is 0 Å². The lowest BCUT2D eigenvalue weighted by atomic mass is 10.2. The Kier molecular flexibility index (Phi) is 45.1. The summed E-state index contributed by atoms with van der Waals surface area (Å²) in [6.07, 6.45) is 20.3. The Morgan fingerprint density at radius 3 is 1.02 bits per heavy atom. The molecular weight excluding hydrogens is 993 g/mol. The van der Waals surface area contributed by atoms with Crippen LogP contribution in [0.3, 0.4) is 0 Å². The summed E-state index contributed by atoms with van der Waals surface area (Å²) in [5.74, 6) is 4.51. The van der Waals surface area contributed by atoms with Crippen LogP contribution in [0.15, 0.2) is 0 Å². The summed E-state index contributed by atoms with van der Waals surface area (Å²) in [5.41, 5.74) is -0.0412. The van der Waals surface area contributed by atoms with Crippen molar-refractivity contribution in [1.29, 1.82) is 0 Å². The molecule has 0 aromatic rings. The molecule has 65 heavy (non-hydrogen) atoms. The Hall–Kier alpha value is 2.83. The van der Waals surface area contributed by atoms with E-state index in [1.807, 2.05) is 11.8 Å². The molecule has 17 heteroatoms. The second-order valence-electron chi connectivity index (χ2n) is 19.4. The highest BCUT2D eigenvalue weighted by molar-refractivity contribution is 8.02. The maximum atomic E-state index is 6.61. The molecule has 0 aromatic carbocycles. The predicted molar refractivity (Wildman–Crippen MR) is 303 cm³/mol. The van der Waals surface area contributed by atoms with Crippen LogP contribution in [-0.4, -0.2) is 66.8 Å². The van der Waals surface area contributed by atoms with Crippen LogP contribution < -0.4 is 0 Å². The molecule has 0 fully saturated rings. The molecule has 392 valence electrons. The fourth-order valence-electron chi connectivity index (χ4n) is 5.03. The lowest BCUT2D eigenvalue weighted by molar-refractivity contribution is -0.234. The first-order valence-corrected chi connectivity index (χ1v) is 33.0. The zero-order chi connectivity index (χ0) is 48.7. The molecule has 0 rings (SSSR count). The summed E-state index contributed by atoms with van der Waals surface area (Å²) in [7, 11) is 0. The van der Waals surface area contributed by atoms with Gasteiger partial charge >= 0.3 is 11.9 Å². The third-order valence-electron chi connectivity index (χ3n) is 8.96. The average molecular weight is 1090 g/mol. The Labute approximate surface area is 442 Å². The first-order chi connectivity index (χ1) is 30.9. The van der Waals surface area contributed by atoms with E-state index < -0.39 is 11.9 Å². The average Bonchev–Trinajstić information content (AvgIpc) is 3.24. The lowest BCUT2D eigenvalue weighted by Gasteiger charge is -2.33. The molecule has 0 N–H and O–H groups in total. The molecule has 0 amide bonds. The van der Waals surface area contributed by atoms with Crippen LogP contribution in [0, 0.1) is 11.8 Å². The van der Waals surface area contributed by atoms with Crippen LogP contribution in [0.1, 0.15) is 225 Å². The molecule has 0 heterocycles. The summed E-state index contributed by atoms with van der Waals surface area (Å²) in [6, 6.07) is 0. The van der Waals surface area contributed by atoms with Gasteiger partial charge in [-0.1, -0.05) is 106 Å². The van der Waals surface area contributed by atoms with Gasteiger partial charge in [-0.05, 0) is 203 Å². The smallest absolute Gasteiger partial charge is 0.301 e. The van der Waals surface area contributed by atoms with Gasteiger partial charge in [0, 0.05) is 80.9 Å². The van der Waals surface area contributed by atoms with Gasteiger partial charge in [-0.2, -0.15) is 0 Å². The minimum Gasteiger partial charge on any atom is -0.301 e. The molecule has 0 radical (unpaired) electrons. The monoisotopic (exact) mass is 1090 g/mol. The van der Waals surface area contributed by atoms with Crippen molar-refractivity contribution in [2.45, 2.75) is 258 Å². The molecule has 0 saturated carbocycles. The minimum absolute atomic E-state index is 0.0206. The SMILES string of the molecule is CCCCCSOC(CCCCC(OSCCCC)SC(CCCCC(OSCCCCC)(OSCCC(C)C)OSC(C)(C)C)OSCCCC)(OSCCC(C)C)OSC(C)(C)C. The van der Waals surface area contributed by atoms with E-state index in [4.69, 9.17) is 33.5 Å². The van der Waals surface area contributed by atoms with Crippen molar-refractivity contribution in [1.82, 2.24) is 0 Å². The van der Waals surface area contributed by atoms with Gasteiger partial charge in [0.05, 0.1) is 0 Å². The summed E-state index contributed by atoms with van der Waals surface area (Å²) < 4.78 is 52.2. The van der Waals surface area contributed by atoms with Gasteiger partial charge in [0.25, 0.3) is 0 Å². The zero-order valence-corrected chi connectivity index (χ0v) is 51.0. The second-order valence-corrected chi connectivity index (χ2v) is 28.7. The zero-order valence-electron chi connectivity index (χ0n) is 43.6. The number of unbranched alkanes of at least 4 members (excludes halogenated alkanes) is 8. The maximum Gasteiger partial charge on any atom is 0.315 e. The third kappa shape index (κ3) is 43.0. The second kappa shape index (κ2) is 43.3. The highest BCUT2D eigenvalue weighted by atomic mass is 32.2. The molecule has 0 spiro atoms. The molecule has 0 aliphatic heterocycles. The van der Waals surface area contributed by atoms with Crippen molar-refractivity contribution in [3.63, 3.8) is 0 Å². The van der Waals surface area contributed by atoms with E-state index in [0.29, 0.717) is 24.7 Å². The van der Waals surface area contributed by atoms with Crippen molar-refractivity contribution in [2.75, 3.05) is 34.5 Å². The van der Waals surface area contributed by atoms with Crippen LogP contribution in [0.4, 0.5) is 0 Å². The van der Waals surface area contributed by atoms with Crippen LogP contribution in [-0.2, 0) is 33.5 Å². The van der Waals surface area contributed by atoms with Crippen LogP contribution in [0.5, 0.6) is 0 Å². The fourth-order valence-corrected chi connectivity index (χ4v) is 12.9. The molecule has 0 saturated heterocycles. The van der Waals surface area contributed by atoms with E-state index >= 15 is 0 Å². The van der Waals surface area contributed by atoms with Gasteiger partial charge in [-0.15, -0.1) is 0 Å². The lowest BCUT2D eigenvalue weighted by Crippen LogP contribution is -2.35. The van der Waals surface area contributed by atoms with Gasteiger partial charge in [0.15, 0.2) is 0 Å². The molecule has 0 aliphatic rings. The molecule has 4 unspecified atom stereocenters. The molecule has 8 nitrogen and oxygen atoms in total. The van der Waals surface area contributed by atoms with Crippen LogP contribution in [0.25, 0.3) is 0 Å². The van der Waals surface area contributed by atoms with Gasteiger partial charge in [-0.3, -0.25) is 25.1 Å². The maximum absolute atomic E-state index is 6.61. The molecule has 4 atom stereocenters. The Bertz CT molecular complexity index is 966. The van der Waals surface area contributed by atoms with Crippen LogP contribution >= 0.6 is 108 Å². The third-order valence-corrected chi connectivity index (χ3v) is 17.0. The van der Waals surface area contributed by atoms with Crippen molar-refractivity contribution >= 4 is 108 Å². The molecular formula is C48H98O8S9. The highest BCUT2D eigenvalue weighted by Crippen LogP contribution is 2.42. The first kappa shape index (κ1) is 67.8. The number of hydrogen-bond acceptors (Lipinski definition) is 17. The summed E-state index contributed by atoms with van der Waals surface area (Å²) in [6.45, 7) is 30.9. The van der Waals surface area contributed by atoms with Crippen molar-refractivity contribution in [3.05, 3.63) is 0 Å². The largest absolute Gasteiger partial charge is 0.315 e. The number of rotatable bonds is 48. The normalized spacial score (nSPS) is 15.5. The first-order valence-electron chi connectivity index (χ1n) is 25.1. The predicted octanol–water partition coefficient (Wildman–Crippen LogP) is 19.8. The van der Waals surface area contributed by atoms with E-state index in [0.717, 1.165) is 124 Å².